The molecule has 14 aromatic rings. The van der Waals surface area contributed by atoms with E-state index in [1.165, 1.54) is 55.6 Å². The molecule has 0 fully saturated rings. The average Bonchev–Trinajstić information content (AvgIpc) is 4.30. The third-order valence-electron chi connectivity index (χ3n) is 15.8. The molecule has 2 aliphatic rings. The molecule has 5 nitrogen and oxygen atoms in total. The average molecular weight is 956 g/mol. The maximum atomic E-state index is 6.62. The standard InChI is InChI=1S/C70H41N3O2/c1-2-14-42(15-3-1)43-32-34-46(35-33-43)67-71-68(54-20-12-26-63-65(54)53-19-7-11-25-61(53)74-63)73-69(72-67)55-21-13-27-64-66(55)56-40-47(37-39-62(56)75-64)44-28-30-45(31-29-44)48-36-38-52-51-18-6-10-24-59(51)70(60(52)41-48)57-22-8-4-16-49(57)50-17-5-9-23-58(50)70/h1-41H. The topological polar surface area (TPSA) is 65.0 Å². The van der Waals surface area contributed by atoms with Crippen LogP contribution in [0.2, 0.25) is 0 Å². The molecule has 5 heteroatoms. The van der Waals surface area contributed by atoms with E-state index in [9.17, 15) is 0 Å². The number of rotatable bonds is 6. The number of nitrogens with zero attached hydrogens (tertiary/aromatic N) is 3. The largest absolute Gasteiger partial charge is 0.456 e. The molecule has 0 saturated heterocycles. The second-order valence-electron chi connectivity index (χ2n) is 19.7. The van der Waals surface area contributed by atoms with E-state index in [-0.39, 0.29) is 0 Å². The molecule has 1 spiro atoms. The Morgan fingerprint density at radius 3 is 1.25 bits per heavy atom. The number of aromatic nitrogens is 3. The van der Waals surface area contributed by atoms with Crippen LogP contribution in [0.25, 0.3) is 134 Å². The molecule has 0 aliphatic heterocycles. The van der Waals surface area contributed by atoms with Gasteiger partial charge in [-0.15, -0.1) is 0 Å². The van der Waals surface area contributed by atoms with E-state index >= 15 is 0 Å². The molecule has 75 heavy (non-hydrogen) atoms. The van der Waals surface area contributed by atoms with Crippen LogP contribution < -0.4 is 0 Å². The number of furan rings is 2. The van der Waals surface area contributed by atoms with Crippen molar-refractivity contribution in [3.63, 3.8) is 0 Å². The SMILES string of the molecule is c1ccc(-c2ccc(-c3nc(-c4cccc5oc6ccccc6c45)nc(-c4cccc5oc6ccc(-c7ccc(-c8ccc9c(c8)C8(c%10ccccc%10-c%10ccccc%108)c8ccccc8-9)cc7)cc6c45)n3)cc2)cc1. The van der Waals surface area contributed by atoms with Crippen LogP contribution in [0.1, 0.15) is 22.3 Å². The quantitative estimate of drug-likeness (QED) is 0.166. The molecule has 11 aromatic carbocycles. The molecule has 0 radical (unpaired) electrons. The Bertz CT molecular complexity index is 4580. The first-order chi connectivity index (χ1) is 37.2. The molecular formula is C70H41N3O2. The summed E-state index contributed by atoms with van der Waals surface area (Å²) in [7, 11) is 0. The lowest BCUT2D eigenvalue weighted by Crippen LogP contribution is -2.25. The molecule has 0 atom stereocenters. The van der Waals surface area contributed by atoms with E-state index in [0.717, 1.165) is 82.8 Å². The number of hydrogen-bond acceptors (Lipinski definition) is 5. The minimum Gasteiger partial charge on any atom is -0.456 e. The van der Waals surface area contributed by atoms with E-state index in [1.54, 1.807) is 0 Å². The highest BCUT2D eigenvalue weighted by Gasteiger charge is 2.51. The molecule has 2 aliphatic carbocycles. The fourth-order valence-electron chi connectivity index (χ4n) is 12.5. The summed E-state index contributed by atoms with van der Waals surface area (Å²) < 4.78 is 13.0. The minimum atomic E-state index is -0.391. The monoisotopic (exact) mass is 955 g/mol. The van der Waals surface area contributed by atoms with Gasteiger partial charge in [-0.2, -0.15) is 0 Å². The number of benzene rings is 11. The lowest BCUT2D eigenvalue weighted by atomic mass is 9.70. The first kappa shape index (κ1) is 41.6. The van der Waals surface area contributed by atoms with Gasteiger partial charge in [-0.3, -0.25) is 0 Å². The van der Waals surface area contributed by atoms with Crippen LogP contribution in [0.5, 0.6) is 0 Å². The summed E-state index contributed by atoms with van der Waals surface area (Å²) in [5, 5.41) is 3.91. The summed E-state index contributed by atoms with van der Waals surface area (Å²) in [5.74, 6) is 1.69. The zero-order valence-electron chi connectivity index (χ0n) is 40.3. The van der Waals surface area contributed by atoms with Gasteiger partial charge in [0, 0.05) is 38.2 Å². The highest BCUT2D eigenvalue weighted by atomic mass is 16.3. The van der Waals surface area contributed by atoms with Crippen LogP contribution in [0.3, 0.4) is 0 Å². The molecule has 16 rings (SSSR count). The van der Waals surface area contributed by atoms with Crippen molar-refractivity contribution in [2.45, 2.75) is 5.41 Å². The number of fused-ring (bicyclic) bond motifs is 16. The Labute approximate surface area is 431 Å². The molecule has 0 bridgehead atoms. The molecule has 0 unspecified atom stereocenters. The Balaban J connectivity index is 0.809. The number of hydrogen-bond donors (Lipinski definition) is 0. The Morgan fingerprint density at radius 1 is 0.240 bits per heavy atom. The van der Waals surface area contributed by atoms with Crippen molar-refractivity contribution in [3.8, 4) is 89.8 Å². The van der Waals surface area contributed by atoms with Crippen LogP contribution in [-0.4, -0.2) is 15.0 Å². The van der Waals surface area contributed by atoms with Crippen LogP contribution in [0.4, 0.5) is 0 Å². The summed E-state index contributed by atoms with van der Waals surface area (Å²) in [6.07, 6.45) is 0. The van der Waals surface area contributed by atoms with E-state index < -0.39 is 5.41 Å². The zero-order valence-corrected chi connectivity index (χ0v) is 40.3. The second-order valence-corrected chi connectivity index (χ2v) is 19.7. The van der Waals surface area contributed by atoms with Gasteiger partial charge in [0.2, 0.25) is 0 Å². The van der Waals surface area contributed by atoms with Gasteiger partial charge >= 0.3 is 0 Å². The van der Waals surface area contributed by atoms with E-state index in [4.69, 9.17) is 23.8 Å². The van der Waals surface area contributed by atoms with Crippen molar-refractivity contribution < 1.29 is 8.83 Å². The van der Waals surface area contributed by atoms with Gasteiger partial charge in [0.15, 0.2) is 17.5 Å². The Hall–Kier alpha value is -9.97. The molecule has 0 saturated carbocycles. The van der Waals surface area contributed by atoms with Gasteiger partial charge in [0.25, 0.3) is 0 Å². The third-order valence-corrected chi connectivity index (χ3v) is 15.8. The van der Waals surface area contributed by atoms with Gasteiger partial charge in [-0.05, 0) is 114 Å². The summed E-state index contributed by atoms with van der Waals surface area (Å²) >= 11 is 0. The van der Waals surface area contributed by atoms with Crippen molar-refractivity contribution >= 4 is 43.9 Å². The first-order valence-electron chi connectivity index (χ1n) is 25.5. The van der Waals surface area contributed by atoms with Crippen LogP contribution in [0, 0.1) is 0 Å². The highest BCUT2D eigenvalue weighted by Crippen LogP contribution is 2.63. The smallest absolute Gasteiger partial charge is 0.164 e. The van der Waals surface area contributed by atoms with Crippen LogP contribution in [0.15, 0.2) is 258 Å². The van der Waals surface area contributed by atoms with Gasteiger partial charge in [0.1, 0.15) is 22.3 Å². The lowest BCUT2D eigenvalue weighted by molar-refractivity contribution is 0.668. The molecule has 3 heterocycles. The second kappa shape index (κ2) is 16.0. The Morgan fingerprint density at radius 2 is 0.640 bits per heavy atom. The van der Waals surface area contributed by atoms with Crippen LogP contribution >= 0.6 is 0 Å². The maximum Gasteiger partial charge on any atom is 0.164 e. The van der Waals surface area contributed by atoms with Crippen molar-refractivity contribution in [3.05, 3.63) is 271 Å². The summed E-state index contributed by atoms with van der Waals surface area (Å²) in [6, 6.07) is 88.7. The first-order valence-corrected chi connectivity index (χ1v) is 25.5. The molecule has 3 aromatic heterocycles. The van der Waals surface area contributed by atoms with Gasteiger partial charge in [-0.25, -0.2) is 15.0 Å². The van der Waals surface area contributed by atoms with E-state index in [1.807, 2.05) is 48.5 Å². The summed E-state index contributed by atoms with van der Waals surface area (Å²) in [4.78, 5) is 15.8. The summed E-state index contributed by atoms with van der Waals surface area (Å²) in [6.45, 7) is 0. The van der Waals surface area contributed by atoms with Crippen molar-refractivity contribution in [1.82, 2.24) is 15.0 Å². The van der Waals surface area contributed by atoms with E-state index in [0.29, 0.717) is 17.5 Å². The molecule has 0 amide bonds. The fraction of sp³-hybridized carbons (Fsp3) is 0.0143. The third kappa shape index (κ3) is 6.16. The zero-order chi connectivity index (χ0) is 49.2. The lowest BCUT2D eigenvalue weighted by Gasteiger charge is -2.30. The molecule has 0 N–H and O–H groups in total. The normalized spacial score (nSPS) is 12.9. The van der Waals surface area contributed by atoms with E-state index in [2.05, 4.69) is 200 Å². The van der Waals surface area contributed by atoms with Crippen LogP contribution in [-0.2, 0) is 5.41 Å². The van der Waals surface area contributed by atoms with Gasteiger partial charge in [0.05, 0.1) is 5.41 Å². The van der Waals surface area contributed by atoms with Crippen molar-refractivity contribution in [2.75, 3.05) is 0 Å². The van der Waals surface area contributed by atoms with Crippen molar-refractivity contribution in [2.24, 2.45) is 0 Å². The molecule has 348 valence electrons. The Kier molecular flexibility index (Phi) is 8.89. The van der Waals surface area contributed by atoms with Gasteiger partial charge < -0.3 is 8.83 Å². The highest BCUT2D eigenvalue weighted by molar-refractivity contribution is 6.14. The fourth-order valence-corrected chi connectivity index (χ4v) is 12.5. The predicted octanol–water partition coefficient (Wildman–Crippen LogP) is 18.0. The maximum absolute atomic E-state index is 6.62. The van der Waals surface area contributed by atoms with Gasteiger partial charge in [-0.1, -0.05) is 212 Å². The minimum absolute atomic E-state index is 0.391. The van der Waals surface area contributed by atoms with Crippen molar-refractivity contribution in [1.29, 1.82) is 0 Å². The number of para-hydroxylation sites is 1. The molecular weight excluding hydrogens is 915 g/mol. The predicted molar refractivity (Wildman–Crippen MR) is 303 cm³/mol. The summed E-state index contributed by atoms with van der Waals surface area (Å²) in [5.41, 5.74) is 22.8.